The zero-order chi connectivity index (χ0) is 14.3. The molecule has 0 bridgehead atoms. The second-order valence-electron chi connectivity index (χ2n) is 5.05. The van der Waals surface area contributed by atoms with E-state index in [1.807, 2.05) is 37.5 Å². The lowest BCUT2D eigenvalue weighted by molar-refractivity contribution is 1.07. The van der Waals surface area contributed by atoms with Crippen molar-refractivity contribution in [3.05, 3.63) is 41.2 Å². The summed E-state index contributed by atoms with van der Waals surface area (Å²) in [5.41, 5.74) is 4.34. The highest BCUT2D eigenvalue weighted by molar-refractivity contribution is 6.33. The normalized spacial score (nSPS) is 11.0. The van der Waals surface area contributed by atoms with Crippen molar-refractivity contribution >= 4 is 28.3 Å². The third-order valence-electron chi connectivity index (χ3n) is 3.34. The molecule has 2 heterocycles. The molecule has 0 radical (unpaired) electrons. The number of pyridine rings is 1. The van der Waals surface area contributed by atoms with Gasteiger partial charge in [0.15, 0.2) is 0 Å². The first-order valence-corrected chi connectivity index (χ1v) is 6.71. The van der Waals surface area contributed by atoms with Crippen LogP contribution in [0.25, 0.3) is 22.0 Å². The second kappa shape index (κ2) is 4.80. The smallest absolute Gasteiger partial charge is 0.146 e. The van der Waals surface area contributed by atoms with Gasteiger partial charge in [0.25, 0.3) is 0 Å². The number of fused-ring (bicyclic) bond motifs is 1. The summed E-state index contributed by atoms with van der Waals surface area (Å²) < 4.78 is 0. The second-order valence-corrected chi connectivity index (χ2v) is 5.46. The van der Waals surface area contributed by atoms with E-state index in [1.54, 1.807) is 0 Å². The van der Waals surface area contributed by atoms with Gasteiger partial charge in [-0.2, -0.15) is 5.10 Å². The van der Waals surface area contributed by atoms with Gasteiger partial charge in [0.1, 0.15) is 5.82 Å². The zero-order valence-electron chi connectivity index (χ0n) is 11.6. The molecule has 0 saturated heterocycles. The molecule has 4 nitrogen and oxygen atoms in total. The van der Waals surface area contributed by atoms with Crippen LogP contribution in [0, 0.1) is 6.92 Å². The Bertz CT molecular complexity index is 777. The Hall–Kier alpha value is -2.07. The number of anilines is 1. The summed E-state index contributed by atoms with van der Waals surface area (Å²) in [6.45, 7) is 2.07. The molecule has 0 spiro atoms. The van der Waals surface area contributed by atoms with Crippen LogP contribution in [0.1, 0.15) is 5.56 Å². The fraction of sp³-hybridized carbons (Fsp3) is 0.200. The van der Waals surface area contributed by atoms with E-state index in [9.17, 15) is 0 Å². The Morgan fingerprint density at radius 2 is 1.95 bits per heavy atom. The minimum Gasteiger partial charge on any atom is -0.362 e. The molecule has 0 aliphatic rings. The zero-order valence-corrected chi connectivity index (χ0v) is 12.4. The summed E-state index contributed by atoms with van der Waals surface area (Å²) in [5.74, 6) is 0.775. The number of benzene rings is 1. The highest BCUT2D eigenvalue weighted by atomic mass is 35.5. The van der Waals surface area contributed by atoms with Crippen LogP contribution in [0.3, 0.4) is 0 Å². The highest BCUT2D eigenvalue weighted by Crippen LogP contribution is 2.31. The average Bonchev–Trinajstić information content (AvgIpc) is 2.84. The first-order chi connectivity index (χ1) is 9.56. The van der Waals surface area contributed by atoms with Gasteiger partial charge < -0.3 is 4.90 Å². The predicted octanol–water partition coefficient (Wildman–Crippen LogP) is 3.65. The first kappa shape index (κ1) is 12.9. The monoisotopic (exact) mass is 286 g/mol. The molecule has 0 saturated carbocycles. The molecule has 3 aromatic rings. The number of aromatic nitrogens is 3. The van der Waals surface area contributed by atoms with Crippen molar-refractivity contribution in [1.82, 2.24) is 15.2 Å². The van der Waals surface area contributed by atoms with Crippen molar-refractivity contribution in [3.8, 4) is 11.1 Å². The summed E-state index contributed by atoms with van der Waals surface area (Å²) in [6.07, 6.45) is 3.68. The molecule has 1 N–H and O–H groups in total. The maximum absolute atomic E-state index is 6.30. The van der Waals surface area contributed by atoms with Gasteiger partial charge in [0.2, 0.25) is 0 Å². The molecule has 0 aliphatic heterocycles. The van der Waals surface area contributed by atoms with Crippen molar-refractivity contribution < 1.29 is 0 Å². The van der Waals surface area contributed by atoms with Crippen molar-refractivity contribution in [2.24, 2.45) is 0 Å². The lowest BCUT2D eigenvalue weighted by Gasteiger charge is -2.14. The van der Waals surface area contributed by atoms with Crippen LogP contribution in [0.15, 0.2) is 30.6 Å². The lowest BCUT2D eigenvalue weighted by atomic mass is 10.0. The van der Waals surface area contributed by atoms with Gasteiger partial charge in [-0.3, -0.25) is 5.10 Å². The van der Waals surface area contributed by atoms with Gasteiger partial charge in [-0.05, 0) is 36.2 Å². The number of nitrogens with zero attached hydrogens (tertiary/aromatic N) is 3. The van der Waals surface area contributed by atoms with Crippen LogP contribution in [0.4, 0.5) is 5.82 Å². The third-order valence-corrected chi connectivity index (χ3v) is 3.62. The molecule has 1 aromatic carbocycles. The van der Waals surface area contributed by atoms with Crippen LogP contribution in [-0.2, 0) is 0 Å². The van der Waals surface area contributed by atoms with Gasteiger partial charge in [0, 0.05) is 31.2 Å². The minimum absolute atomic E-state index is 0.652. The van der Waals surface area contributed by atoms with E-state index >= 15 is 0 Å². The fourth-order valence-corrected chi connectivity index (χ4v) is 2.65. The van der Waals surface area contributed by atoms with E-state index in [1.165, 1.54) is 0 Å². The van der Waals surface area contributed by atoms with E-state index in [-0.39, 0.29) is 0 Å². The summed E-state index contributed by atoms with van der Waals surface area (Å²) in [6, 6.07) is 6.15. The van der Waals surface area contributed by atoms with Crippen LogP contribution in [0.2, 0.25) is 5.02 Å². The van der Waals surface area contributed by atoms with E-state index < -0.39 is 0 Å². The molecule has 5 heteroatoms. The van der Waals surface area contributed by atoms with Crippen molar-refractivity contribution in [1.29, 1.82) is 0 Å². The minimum atomic E-state index is 0.652. The van der Waals surface area contributed by atoms with Gasteiger partial charge in [-0.15, -0.1) is 0 Å². The Morgan fingerprint density at radius 3 is 2.65 bits per heavy atom. The van der Waals surface area contributed by atoms with E-state index in [0.717, 1.165) is 33.4 Å². The molecule has 0 unspecified atom stereocenters. The van der Waals surface area contributed by atoms with E-state index in [4.69, 9.17) is 11.6 Å². The summed E-state index contributed by atoms with van der Waals surface area (Å²) in [5, 5.41) is 8.77. The average molecular weight is 287 g/mol. The van der Waals surface area contributed by atoms with Crippen molar-refractivity contribution in [2.45, 2.75) is 6.92 Å². The molecule has 2 aromatic heterocycles. The van der Waals surface area contributed by atoms with Crippen LogP contribution < -0.4 is 4.90 Å². The Morgan fingerprint density at radius 1 is 1.15 bits per heavy atom. The number of rotatable bonds is 2. The van der Waals surface area contributed by atoms with Crippen LogP contribution >= 0.6 is 11.6 Å². The molecular formula is C15H15ClN4. The van der Waals surface area contributed by atoms with E-state index in [2.05, 4.69) is 34.2 Å². The largest absolute Gasteiger partial charge is 0.362 e. The molecule has 0 amide bonds. The van der Waals surface area contributed by atoms with Gasteiger partial charge in [-0.1, -0.05) is 11.6 Å². The third kappa shape index (κ3) is 2.12. The number of halogens is 1. The maximum Gasteiger partial charge on any atom is 0.146 e. The topological polar surface area (TPSA) is 44.8 Å². The number of aryl methyl sites for hydroxylation is 1. The molecular weight excluding hydrogens is 272 g/mol. The highest BCUT2D eigenvalue weighted by Gasteiger charge is 2.10. The molecule has 0 aliphatic carbocycles. The van der Waals surface area contributed by atoms with Crippen LogP contribution in [0.5, 0.6) is 0 Å². The van der Waals surface area contributed by atoms with Crippen molar-refractivity contribution in [3.63, 3.8) is 0 Å². The number of hydrogen-bond acceptors (Lipinski definition) is 3. The summed E-state index contributed by atoms with van der Waals surface area (Å²) >= 11 is 6.30. The maximum atomic E-state index is 6.30. The Labute approximate surface area is 122 Å². The summed E-state index contributed by atoms with van der Waals surface area (Å²) in [4.78, 5) is 6.33. The molecule has 102 valence electrons. The first-order valence-electron chi connectivity index (χ1n) is 6.33. The molecule has 3 rings (SSSR count). The Kier molecular flexibility index (Phi) is 3.10. The van der Waals surface area contributed by atoms with Crippen molar-refractivity contribution in [2.75, 3.05) is 19.0 Å². The number of aromatic amines is 1. The number of nitrogens with one attached hydrogen (secondary N) is 1. The van der Waals surface area contributed by atoms with E-state index in [0.29, 0.717) is 5.02 Å². The number of hydrogen-bond donors (Lipinski definition) is 1. The van der Waals surface area contributed by atoms with Gasteiger partial charge >= 0.3 is 0 Å². The molecule has 0 fully saturated rings. The summed E-state index contributed by atoms with van der Waals surface area (Å²) in [7, 11) is 3.85. The quantitative estimate of drug-likeness (QED) is 0.782. The fourth-order valence-electron chi connectivity index (χ4n) is 2.32. The van der Waals surface area contributed by atoms with Crippen LogP contribution in [-0.4, -0.2) is 29.3 Å². The predicted molar refractivity (Wildman–Crippen MR) is 83.4 cm³/mol. The standard InChI is InChI=1S/C15H15ClN4/c1-9-4-14-11(8-18-19-14)5-12(9)10-6-13(16)15(17-7-10)20(2)3/h4-8H,1-3H3,(H,18,19). The molecule has 20 heavy (non-hydrogen) atoms. The lowest BCUT2D eigenvalue weighted by Crippen LogP contribution is -2.11. The Balaban J connectivity index is 2.15. The van der Waals surface area contributed by atoms with Gasteiger partial charge in [0.05, 0.1) is 16.7 Å². The number of H-pyrrole nitrogens is 1. The SMILES string of the molecule is Cc1cc2[nH]ncc2cc1-c1cnc(N(C)C)c(Cl)c1. The molecule has 0 atom stereocenters. The van der Waals surface area contributed by atoms with Gasteiger partial charge in [-0.25, -0.2) is 4.98 Å².